The molecule has 0 aliphatic rings. The molecule has 0 unspecified atom stereocenters. The Morgan fingerprint density at radius 3 is 2.54 bits per heavy atom. The van der Waals surface area contributed by atoms with Gasteiger partial charge in [-0.25, -0.2) is 18.1 Å². The van der Waals surface area contributed by atoms with Crippen LogP contribution in [0.4, 0.5) is 0 Å². The number of hydrogen-bond acceptors (Lipinski definition) is 3. The molecule has 5 nitrogen and oxygen atoms in total. The monoisotopic (exact) mass is 343 g/mol. The highest BCUT2D eigenvalue weighted by Crippen LogP contribution is 2.19. The SMILES string of the molecule is CC(C)n1cnc2cc(CNS(=O)(=O)Cc3ccccc3)ccc21. The first kappa shape index (κ1) is 16.7. The molecule has 0 aliphatic heterocycles. The van der Waals surface area contributed by atoms with Crippen molar-refractivity contribution in [3.63, 3.8) is 0 Å². The molecule has 24 heavy (non-hydrogen) atoms. The van der Waals surface area contributed by atoms with Crippen molar-refractivity contribution < 1.29 is 8.42 Å². The summed E-state index contributed by atoms with van der Waals surface area (Å²) in [7, 11) is -3.37. The van der Waals surface area contributed by atoms with E-state index in [4.69, 9.17) is 0 Å². The van der Waals surface area contributed by atoms with Crippen LogP contribution in [0.1, 0.15) is 31.0 Å². The quantitative estimate of drug-likeness (QED) is 0.747. The number of fused-ring (bicyclic) bond motifs is 1. The summed E-state index contributed by atoms with van der Waals surface area (Å²) in [5.74, 6) is -0.0158. The van der Waals surface area contributed by atoms with Gasteiger partial charge in [0.25, 0.3) is 0 Å². The predicted molar refractivity (Wildman–Crippen MR) is 96.0 cm³/mol. The molecule has 3 rings (SSSR count). The van der Waals surface area contributed by atoms with Crippen LogP contribution in [0, 0.1) is 0 Å². The summed E-state index contributed by atoms with van der Waals surface area (Å²) < 4.78 is 29.2. The minimum Gasteiger partial charge on any atom is -0.328 e. The molecule has 0 radical (unpaired) electrons. The van der Waals surface area contributed by atoms with Crippen molar-refractivity contribution in [2.75, 3.05) is 0 Å². The second-order valence-electron chi connectivity index (χ2n) is 6.13. The van der Waals surface area contributed by atoms with Crippen LogP contribution in [0.2, 0.25) is 0 Å². The van der Waals surface area contributed by atoms with Crippen molar-refractivity contribution in [2.45, 2.75) is 32.2 Å². The van der Waals surface area contributed by atoms with E-state index in [1.807, 2.05) is 54.9 Å². The summed E-state index contributed by atoms with van der Waals surface area (Å²) in [5, 5.41) is 0. The fraction of sp³-hybridized carbons (Fsp3) is 0.278. The highest BCUT2D eigenvalue weighted by Gasteiger charge is 2.12. The van der Waals surface area contributed by atoms with Gasteiger partial charge in [0.05, 0.1) is 23.1 Å². The predicted octanol–water partition coefficient (Wildman–Crippen LogP) is 3.24. The number of rotatable bonds is 6. The lowest BCUT2D eigenvalue weighted by atomic mass is 10.2. The number of aromatic nitrogens is 2. The van der Waals surface area contributed by atoms with Crippen LogP contribution in [-0.4, -0.2) is 18.0 Å². The fourth-order valence-corrected chi connectivity index (χ4v) is 3.76. The zero-order chi connectivity index (χ0) is 17.2. The lowest BCUT2D eigenvalue weighted by Crippen LogP contribution is -2.24. The summed E-state index contributed by atoms with van der Waals surface area (Å²) >= 11 is 0. The van der Waals surface area contributed by atoms with Gasteiger partial charge in [-0.1, -0.05) is 36.4 Å². The molecule has 0 bridgehead atoms. The average Bonchev–Trinajstić information content (AvgIpc) is 2.97. The van der Waals surface area contributed by atoms with Gasteiger partial charge in [-0.15, -0.1) is 0 Å². The Bertz CT molecular complexity index is 931. The molecule has 2 aromatic carbocycles. The molecule has 126 valence electrons. The number of nitrogens with one attached hydrogen (secondary N) is 1. The Morgan fingerprint density at radius 1 is 1.08 bits per heavy atom. The third kappa shape index (κ3) is 3.83. The molecule has 6 heteroatoms. The van der Waals surface area contributed by atoms with Gasteiger partial charge < -0.3 is 4.57 Å². The Hall–Kier alpha value is -2.18. The van der Waals surface area contributed by atoms with Crippen molar-refractivity contribution in [1.82, 2.24) is 14.3 Å². The van der Waals surface area contributed by atoms with Crippen molar-refractivity contribution >= 4 is 21.1 Å². The van der Waals surface area contributed by atoms with Crippen molar-refractivity contribution in [2.24, 2.45) is 0 Å². The Labute approximate surface area is 142 Å². The normalized spacial score (nSPS) is 12.1. The minimum absolute atomic E-state index is 0.0158. The topological polar surface area (TPSA) is 64.0 Å². The van der Waals surface area contributed by atoms with E-state index < -0.39 is 10.0 Å². The van der Waals surface area contributed by atoms with E-state index in [2.05, 4.69) is 28.1 Å². The summed E-state index contributed by atoms with van der Waals surface area (Å²) in [6, 6.07) is 15.4. The smallest absolute Gasteiger partial charge is 0.216 e. The number of benzene rings is 2. The summed E-state index contributed by atoms with van der Waals surface area (Å²) in [4.78, 5) is 4.40. The highest BCUT2D eigenvalue weighted by molar-refractivity contribution is 7.88. The first-order valence-corrected chi connectivity index (χ1v) is 9.56. The van der Waals surface area contributed by atoms with E-state index in [-0.39, 0.29) is 12.3 Å². The van der Waals surface area contributed by atoms with Gasteiger partial charge in [0.15, 0.2) is 0 Å². The van der Waals surface area contributed by atoms with Gasteiger partial charge in [0.2, 0.25) is 10.0 Å². The third-order valence-electron chi connectivity index (χ3n) is 3.89. The number of nitrogens with zero attached hydrogens (tertiary/aromatic N) is 2. The number of sulfonamides is 1. The van der Waals surface area contributed by atoms with E-state index in [1.165, 1.54) is 0 Å². The zero-order valence-electron chi connectivity index (χ0n) is 13.8. The number of hydrogen-bond donors (Lipinski definition) is 1. The highest BCUT2D eigenvalue weighted by atomic mass is 32.2. The average molecular weight is 343 g/mol. The van der Waals surface area contributed by atoms with Crippen molar-refractivity contribution in [1.29, 1.82) is 0 Å². The minimum atomic E-state index is -3.37. The molecule has 1 aromatic heterocycles. The first-order chi connectivity index (χ1) is 11.4. The first-order valence-electron chi connectivity index (χ1n) is 7.91. The third-order valence-corrected chi connectivity index (χ3v) is 5.19. The number of imidazole rings is 1. The van der Waals surface area contributed by atoms with E-state index >= 15 is 0 Å². The standard InChI is InChI=1S/C18H21N3O2S/c1-14(2)21-13-19-17-10-16(8-9-18(17)21)11-20-24(22,23)12-15-6-4-3-5-7-15/h3-10,13-14,20H,11-12H2,1-2H3. The fourth-order valence-electron chi connectivity index (χ4n) is 2.64. The van der Waals surface area contributed by atoms with Crippen LogP contribution in [0.3, 0.4) is 0 Å². The van der Waals surface area contributed by atoms with Crippen LogP contribution in [-0.2, 0) is 22.3 Å². The summed E-state index contributed by atoms with van der Waals surface area (Å²) in [6.07, 6.45) is 1.82. The van der Waals surface area contributed by atoms with Gasteiger partial charge in [-0.3, -0.25) is 0 Å². The molecule has 3 aromatic rings. The Kier molecular flexibility index (Phi) is 4.69. The lowest BCUT2D eigenvalue weighted by Gasteiger charge is -2.09. The maximum Gasteiger partial charge on any atom is 0.216 e. The summed E-state index contributed by atoms with van der Waals surface area (Å²) in [5.41, 5.74) is 3.61. The Morgan fingerprint density at radius 2 is 1.83 bits per heavy atom. The molecule has 0 spiro atoms. The molecule has 0 fully saturated rings. The van der Waals surface area contributed by atoms with Crippen molar-refractivity contribution in [3.8, 4) is 0 Å². The van der Waals surface area contributed by atoms with E-state index in [0.29, 0.717) is 6.04 Å². The van der Waals surface area contributed by atoms with E-state index in [9.17, 15) is 8.42 Å². The molecular formula is C18H21N3O2S. The van der Waals surface area contributed by atoms with Crippen molar-refractivity contribution in [3.05, 3.63) is 66.0 Å². The van der Waals surface area contributed by atoms with Gasteiger partial charge in [-0.2, -0.15) is 0 Å². The molecule has 0 aliphatic carbocycles. The maximum absolute atomic E-state index is 12.2. The van der Waals surface area contributed by atoms with Crippen LogP contribution >= 0.6 is 0 Å². The molecule has 1 N–H and O–H groups in total. The molecule has 0 saturated heterocycles. The van der Waals surface area contributed by atoms with Gasteiger partial charge in [0, 0.05) is 12.6 Å². The van der Waals surface area contributed by atoms with Gasteiger partial charge in [0.1, 0.15) is 0 Å². The maximum atomic E-state index is 12.2. The largest absolute Gasteiger partial charge is 0.328 e. The zero-order valence-corrected chi connectivity index (χ0v) is 14.6. The second-order valence-corrected chi connectivity index (χ2v) is 7.94. The van der Waals surface area contributed by atoms with Crippen LogP contribution in [0.5, 0.6) is 0 Å². The van der Waals surface area contributed by atoms with E-state index in [1.54, 1.807) is 0 Å². The Balaban J connectivity index is 1.71. The van der Waals surface area contributed by atoms with E-state index in [0.717, 1.165) is 22.2 Å². The molecule has 1 heterocycles. The molecular weight excluding hydrogens is 322 g/mol. The lowest BCUT2D eigenvalue weighted by molar-refractivity contribution is 0.580. The van der Waals surface area contributed by atoms with Crippen LogP contribution in [0.15, 0.2) is 54.9 Å². The van der Waals surface area contributed by atoms with Crippen LogP contribution in [0.25, 0.3) is 11.0 Å². The van der Waals surface area contributed by atoms with Crippen LogP contribution < -0.4 is 4.72 Å². The molecule has 0 atom stereocenters. The molecule has 0 amide bonds. The van der Waals surface area contributed by atoms with Gasteiger partial charge >= 0.3 is 0 Å². The summed E-state index contributed by atoms with van der Waals surface area (Å²) in [6.45, 7) is 4.47. The van der Waals surface area contributed by atoms with Gasteiger partial charge in [-0.05, 0) is 37.1 Å². The molecule has 0 saturated carbocycles. The second kappa shape index (κ2) is 6.75.